The molecule has 7 heteroatoms. The van der Waals surface area contributed by atoms with Crippen molar-refractivity contribution in [3.05, 3.63) is 35.4 Å². The molecule has 22 heavy (non-hydrogen) atoms. The van der Waals surface area contributed by atoms with E-state index in [0.29, 0.717) is 30.1 Å². The van der Waals surface area contributed by atoms with Crippen molar-refractivity contribution in [3.63, 3.8) is 0 Å². The number of carbonyl (C=O) groups is 1. The predicted molar refractivity (Wildman–Crippen MR) is 85.5 cm³/mol. The van der Waals surface area contributed by atoms with Crippen LogP contribution in [0.4, 0.5) is 0 Å². The van der Waals surface area contributed by atoms with Crippen LogP contribution in [0, 0.1) is 5.92 Å². The fourth-order valence-corrected chi connectivity index (χ4v) is 3.58. The number of benzene rings is 1. The van der Waals surface area contributed by atoms with Crippen LogP contribution in [0.15, 0.2) is 24.3 Å². The van der Waals surface area contributed by atoms with Gasteiger partial charge >= 0.3 is 0 Å². The van der Waals surface area contributed by atoms with Crippen molar-refractivity contribution < 1.29 is 13.2 Å². The molecule has 0 spiro atoms. The molecular formula is C15H23N3O3S. The van der Waals surface area contributed by atoms with Gasteiger partial charge in [-0.15, -0.1) is 0 Å². The number of carbonyl (C=O) groups excluding carboxylic acids is 1. The van der Waals surface area contributed by atoms with E-state index in [1.54, 1.807) is 29.2 Å². The number of hydrogen-bond donors (Lipinski definition) is 2. The normalized spacial score (nSPS) is 22.6. The third-order valence-electron chi connectivity index (χ3n) is 4.05. The van der Waals surface area contributed by atoms with Gasteiger partial charge in [0.1, 0.15) is 0 Å². The van der Waals surface area contributed by atoms with Gasteiger partial charge in [0.15, 0.2) is 0 Å². The van der Waals surface area contributed by atoms with Crippen LogP contribution >= 0.6 is 0 Å². The molecule has 1 aliphatic heterocycles. The summed E-state index contributed by atoms with van der Waals surface area (Å²) in [4.78, 5) is 14.5. The Balaban J connectivity index is 2.20. The molecule has 6 nitrogen and oxygen atoms in total. The SMILES string of the molecule is CC1CCN(C(=O)c2cccc(CS(N)(=O)=O)c2)C(CN)C1. The van der Waals surface area contributed by atoms with Gasteiger partial charge in [0.25, 0.3) is 5.91 Å². The molecule has 4 N–H and O–H groups in total. The molecule has 2 rings (SSSR count). The second kappa shape index (κ2) is 6.76. The van der Waals surface area contributed by atoms with Gasteiger partial charge in [-0.2, -0.15) is 0 Å². The Bertz CT molecular complexity index is 645. The number of rotatable bonds is 4. The van der Waals surface area contributed by atoms with Crippen molar-refractivity contribution in [2.75, 3.05) is 13.1 Å². The van der Waals surface area contributed by atoms with E-state index < -0.39 is 10.0 Å². The van der Waals surface area contributed by atoms with Crippen LogP contribution in [-0.2, 0) is 15.8 Å². The Morgan fingerprint density at radius 3 is 2.77 bits per heavy atom. The van der Waals surface area contributed by atoms with Crippen LogP contribution in [-0.4, -0.2) is 38.4 Å². The fourth-order valence-electron chi connectivity index (χ4n) is 2.93. The molecule has 2 unspecified atom stereocenters. The minimum atomic E-state index is -3.61. The lowest BCUT2D eigenvalue weighted by atomic mass is 9.92. The minimum absolute atomic E-state index is 0.0400. The van der Waals surface area contributed by atoms with Gasteiger partial charge in [-0.05, 0) is 36.5 Å². The Morgan fingerprint density at radius 1 is 1.41 bits per heavy atom. The molecule has 1 fully saturated rings. The molecule has 1 amide bonds. The average molecular weight is 325 g/mol. The van der Waals surface area contributed by atoms with Crippen LogP contribution in [0.1, 0.15) is 35.7 Å². The number of piperidine rings is 1. The summed E-state index contributed by atoms with van der Waals surface area (Å²) in [7, 11) is -3.61. The molecule has 1 saturated heterocycles. The molecule has 1 aromatic carbocycles. The smallest absolute Gasteiger partial charge is 0.254 e. The number of hydrogen-bond acceptors (Lipinski definition) is 4. The van der Waals surface area contributed by atoms with Crippen LogP contribution in [0.25, 0.3) is 0 Å². The molecule has 1 heterocycles. The lowest BCUT2D eigenvalue weighted by Gasteiger charge is -2.38. The second-order valence-electron chi connectivity index (χ2n) is 6.03. The number of nitrogens with two attached hydrogens (primary N) is 2. The van der Waals surface area contributed by atoms with E-state index in [9.17, 15) is 13.2 Å². The molecular weight excluding hydrogens is 302 g/mol. The second-order valence-corrected chi connectivity index (χ2v) is 7.64. The van der Waals surface area contributed by atoms with Crippen LogP contribution in [0.2, 0.25) is 0 Å². The van der Waals surface area contributed by atoms with Crippen molar-refractivity contribution in [1.29, 1.82) is 0 Å². The highest BCUT2D eigenvalue weighted by atomic mass is 32.2. The first-order chi connectivity index (χ1) is 10.3. The average Bonchev–Trinajstić information content (AvgIpc) is 2.45. The highest BCUT2D eigenvalue weighted by molar-refractivity contribution is 7.88. The van der Waals surface area contributed by atoms with Crippen LogP contribution < -0.4 is 10.9 Å². The first-order valence-electron chi connectivity index (χ1n) is 7.40. The molecule has 0 aliphatic carbocycles. The van der Waals surface area contributed by atoms with Gasteiger partial charge in [0, 0.05) is 24.7 Å². The van der Waals surface area contributed by atoms with Gasteiger partial charge < -0.3 is 10.6 Å². The van der Waals surface area contributed by atoms with E-state index in [0.717, 1.165) is 12.8 Å². The molecule has 1 aromatic rings. The highest BCUT2D eigenvalue weighted by Crippen LogP contribution is 2.24. The van der Waals surface area contributed by atoms with Gasteiger partial charge in [-0.3, -0.25) is 4.79 Å². The topological polar surface area (TPSA) is 106 Å². The van der Waals surface area contributed by atoms with Gasteiger partial charge in [0.2, 0.25) is 10.0 Å². The lowest BCUT2D eigenvalue weighted by Crippen LogP contribution is -2.49. The molecule has 0 saturated carbocycles. The maximum absolute atomic E-state index is 12.7. The fraction of sp³-hybridized carbons (Fsp3) is 0.533. The Hall–Kier alpha value is -1.44. The zero-order valence-corrected chi connectivity index (χ0v) is 13.6. The van der Waals surface area contributed by atoms with Crippen molar-refractivity contribution in [2.24, 2.45) is 16.8 Å². The number of likely N-dealkylation sites (tertiary alicyclic amines) is 1. The summed E-state index contributed by atoms with van der Waals surface area (Å²) in [6.07, 6.45) is 1.86. The molecule has 1 aliphatic rings. The van der Waals surface area contributed by atoms with E-state index in [-0.39, 0.29) is 17.7 Å². The summed E-state index contributed by atoms with van der Waals surface area (Å²) in [5, 5.41) is 5.06. The van der Waals surface area contributed by atoms with Crippen molar-refractivity contribution in [1.82, 2.24) is 4.90 Å². The number of amides is 1. The molecule has 0 bridgehead atoms. The number of nitrogens with zero attached hydrogens (tertiary/aromatic N) is 1. The Labute approximate surface area is 131 Å². The van der Waals surface area contributed by atoms with Crippen molar-refractivity contribution >= 4 is 15.9 Å². The quantitative estimate of drug-likeness (QED) is 0.848. The number of sulfonamides is 1. The summed E-state index contributed by atoms with van der Waals surface area (Å²) in [5.74, 6) is 0.191. The van der Waals surface area contributed by atoms with Gasteiger partial charge in [-0.25, -0.2) is 13.6 Å². The van der Waals surface area contributed by atoms with Crippen molar-refractivity contribution in [3.8, 4) is 0 Å². The summed E-state index contributed by atoms with van der Waals surface area (Å²) < 4.78 is 22.4. The van der Waals surface area contributed by atoms with Crippen LogP contribution in [0.3, 0.4) is 0 Å². The van der Waals surface area contributed by atoms with Crippen molar-refractivity contribution in [2.45, 2.75) is 31.6 Å². The van der Waals surface area contributed by atoms with E-state index >= 15 is 0 Å². The third-order valence-corrected chi connectivity index (χ3v) is 4.79. The zero-order valence-electron chi connectivity index (χ0n) is 12.7. The monoisotopic (exact) mass is 325 g/mol. The third kappa shape index (κ3) is 4.28. The Morgan fingerprint density at radius 2 is 2.14 bits per heavy atom. The molecule has 0 aromatic heterocycles. The standard InChI is InChI=1S/C15H23N3O3S/c1-11-5-6-18(14(7-11)9-16)15(19)13-4-2-3-12(8-13)10-22(17,20)21/h2-4,8,11,14H,5-7,9-10,16H2,1H3,(H2,17,20,21). The van der Waals surface area contributed by atoms with E-state index in [2.05, 4.69) is 6.92 Å². The minimum Gasteiger partial charge on any atom is -0.334 e. The van der Waals surface area contributed by atoms with Gasteiger partial charge in [0.05, 0.1) is 5.75 Å². The number of primary sulfonamides is 1. The van der Waals surface area contributed by atoms with Gasteiger partial charge in [-0.1, -0.05) is 19.1 Å². The first-order valence-corrected chi connectivity index (χ1v) is 9.12. The maximum atomic E-state index is 12.7. The summed E-state index contributed by atoms with van der Waals surface area (Å²) in [6.45, 7) is 3.28. The molecule has 2 atom stereocenters. The summed E-state index contributed by atoms with van der Waals surface area (Å²) in [6, 6.07) is 6.66. The molecule has 0 radical (unpaired) electrons. The van der Waals surface area contributed by atoms with Crippen LogP contribution in [0.5, 0.6) is 0 Å². The van der Waals surface area contributed by atoms with E-state index in [1.165, 1.54) is 0 Å². The molecule has 122 valence electrons. The Kier molecular flexibility index (Phi) is 5.20. The largest absolute Gasteiger partial charge is 0.334 e. The lowest BCUT2D eigenvalue weighted by molar-refractivity contribution is 0.0573. The summed E-state index contributed by atoms with van der Waals surface area (Å²) >= 11 is 0. The maximum Gasteiger partial charge on any atom is 0.254 e. The summed E-state index contributed by atoms with van der Waals surface area (Å²) in [5.41, 5.74) is 6.79. The zero-order chi connectivity index (χ0) is 16.3. The highest BCUT2D eigenvalue weighted by Gasteiger charge is 2.29. The first kappa shape index (κ1) is 16.9. The predicted octanol–water partition coefficient (Wildman–Crippen LogP) is 0.675. The van der Waals surface area contributed by atoms with E-state index in [4.69, 9.17) is 10.9 Å². The van der Waals surface area contributed by atoms with E-state index in [1.807, 2.05) is 0 Å².